The van der Waals surface area contributed by atoms with Gasteiger partial charge in [0.15, 0.2) is 6.61 Å². The maximum Gasteiger partial charge on any atom is 0.348 e. The molecule has 0 aliphatic rings. The molecule has 7 nitrogen and oxygen atoms in total. The molecule has 3 amide bonds. The van der Waals surface area contributed by atoms with Crippen LogP contribution in [0.1, 0.15) is 16.6 Å². The summed E-state index contributed by atoms with van der Waals surface area (Å²) in [7, 11) is 0. The molecule has 134 valence electrons. The molecular formula is C17H15N3O4S2. The van der Waals surface area contributed by atoms with Gasteiger partial charge < -0.3 is 10.1 Å². The van der Waals surface area contributed by atoms with Gasteiger partial charge in [0.1, 0.15) is 9.88 Å². The minimum Gasteiger partial charge on any atom is -0.451 e. The average Bonchev–Trinajstić information content (AvgIpc) is 3.26. The summed E-state index contributed by atoms with van der Waals surface area (Å²) in [5, 5.41) is 5.30. The fourth-order valence-electron chi connectivity index (χ4n) is 2.11. The van der Waals surface area contributed by atoms with Crippen molar-refractivity contribution in [3.8, 4) is 9.88 Å². The molecule has 0 spiro atoms. The van der Waals surface area contributed by atoms with Crippen molar-refractivity contribution >= 4 is 50.8 Å². The molecule has 1 aromatic carbocycles. The Balaban J connectivity index is 1.61. The Labute approximate surface area is 157 Å². The van der Waals surface area contributed by atoms with Gasteiger partial charge in [-0.05, 0) is 31.2 Å². The number of rotatable bonds is 5. The molecule has 0 atom stereocenters. The molecule has 9 heteroatoms. The van der Waals surface area contributed by atoms with E-state index in [-0.39, 0.29) is 0 Å². The number of amides is 3. The molecule has 0 bridgehead atoms. The van der Waals surface area contributed by atoms with Crippen molar-refractivity contribution in [2.24, 2.45) is 0 Å². The van der Waals surface area contributed by atoms with Gasteiger partial charge in [-0.15, -0.1) is 22.7 Å². The van der Waals surface area contributed by atoms with E-state index in [9.17, 15) is 14.4 Å². The number of aromatic nitrogens is 1. The zero-order valence-electron chi connectivity index (χ0n) is 13.8. The highest BCUT2D eigenvalue weighted by molar-refractivity contribution is 7.26. The second kappa shape index (κ2) is 8.07. The van der Waals surface area contributed by atoms with Gasteiger partial charge in [-0.2, -0.15) is 0 Å². The van der Waals surface area contributed by atoms with Crippen LogP contribution in [-0.4, -0.2) is 36.0 Å². The first kappa shape index (κ1) is 18.0. The molecule has 2 aromatic heterocycles. The monoisotopic (exact) mass is 389 g/mol. The number of benzene rings is 1. The fourth-order valence-corrected chi connectivity index (χ4v) is 4.03. The number of carbonyl (C=O) groups is 3. The van der Waals surface area contributed by atoms with Gasteiger partial charge in [-0.3, -0.25) is 10.1 Å². The minimum absolute atomic E-state index is 0.366. The normalized spacial score (nSPS) is 10.5. The third-order valence-electron chi connectivity index (χ3n) is 3.24. The third-order valence-corrected chi connectivity index (χ3v) is 5.51. The van der Waals surface area contributed by atoms with Gasteiger partial charge in [0, 0.05) is 6.54 Å². The lowest BCUT2D eigenvalue weighted by molar-refractivity contribution is -0.123. The number of nitrogens with one attached hydrogen (secondary N) is 2. The van der Waals surface area contributed by atoms with Gasteiger partial charge >= 0.3 is 12.0 Å². The highest BCUT2D eigenvalue weighted by Crippen LogP contribution is 2.34. The number of para-hydroxylation sites is 1. The van der Waals surface area contributed by atoms with Crippen LogP contribution in [0.3, 0.4) is 0 Å². The number of fused-ring (bicyclic) bond motifs is 1. The second-order valence-electron chi connectivity index (χ2n) is 5.13. The largest absolute Gasteiger partial charge is 0.451 e. The third kappa shape index (κ3) is 4.24. The van der Waals surface area contributed by atoms with E-state index in [1.165, 1.54) is 11.3 Å². The Hall–Kier alpha value is -2.78. The maximum absolute atomic E-state index is 12.1. The number of urea groups is 1. The zero-order valence-corrected chi connectivity index (χ0v) is 15.4. The van der Waals surface area contributed by atoms with Crippen LogP contribution < -0.4 is 10.6 Å². The Kier molecular flexibility index (Phi) is 5.59. The molecule has 0 radical (unpaired) electrons. The summed E-state index contributed by atoms with van der Waals surface area (Å²) >= 11 is 2.79. The van der Waals surface area contributed by atoms with Crippen molar-refractivity contribution in [1.82, 2.24) is 15.6 Å². The van der Waals surface area contributed by atoms with E-state index in [0.29, 0.717) is 11.4 Å². The van der Waals surface area contributed by atoms with Gasteiger partial charge in [0.2, 0.25) is 0 Å². The van der Waals surface area contributed by atoms with Crippen molar-refractivity contribution in [1.29, 1.82) is 0 Å². The SMILES string of the molecule is CCNC(=O)NC(=O)COC(=O)c1ccc(-c2nc3ccccc3s2)s1. The van der Waals surface area contributed by atoms with E-state index < -0.39 is 24.5 Å². The van der Waals surface area contributed by atoms with Gasteiger partial charge in [-0.25, -0.2) is 14.6 Å². The van der Waals surface area contributed by atoms with Gasteiger partial charge in [-0.1, -0.05) is 12.1 Å². The molecule has 26 heavy (non-hydrogen) atoms. The molecule has 0 aliphatic heterocycles. The number of hydrogen-bond donors (Lipinski definition) is 2. The summed E-state index contributed by atoms with van der Waals surface area (Å²) in [6.45, 7) is 1.59. The lowest BCUT2D eigenvalue weighted by atomic mass is 10.3. The molecule has 2 heterocycles. The molecule has 0 aliphatic carbocycles. The second-order valence-corrected chi connectivity index (χ2v) is 7.25. The van der Waals surface area contributed by atoms with E-state index in [1.54, 1.807) is 30.4 Å². The predicted octanol–water partition coefficient (Wildman–Crippen LogP) is 3.03. The summed E-state index contributed by atoms with van der Waals surface area (Å²) in [5.74, 6) is -1.30. The van der Waals surface area contributed by atoms with Crippen molar-refractivity contribution in [2.75, 3.05) is 13.2 Å². The van der Waals surface area contributed by atoms with Crippen molar-refractivity contribution in [3.05, 3.63) is 41.3 Å². The molecule has 3 aromatic rings. The summed E-state index contributed by atoms with van der Waals surface area (Å²) in [6.07, 6.45) is 0. The first-order valence-corrected chi connectivity index (χ1v) is 9.40. The van der Waals surface area contributed by atoms with E-state index in [0.717, 1.165) is 20.1 Å². The van der Waals surface area contributed by atoms with Crippen LogP contribution in [0.4, 0.5) is 4.79 Å². The van der Waals surface area contributed by atoms with Crippen molar-refractivity contribution in [3.63, 3.8) is 0 Å². The van der Waals surface area contributed by atoms with E-state index >= 15 is 0 Å². The number of nitrogens with zero attached hydrogens (tertiary/aromatic N) is 1. The van der Waals surface area contributed by atoms with Crippen LogP contribution in [0, 0.1) is 0 Å². The minimum atomic E-state index is -0.688. The standard InChI is InChI=1S/C17H15N3O4S2/c1-2-18-17(23)20-14(21)9-24-16(22)13-8-7-12(25-13)15-19-10-5-3-4-6-11(10)26-15/h3-8H,2,9H2,1H3,(H2,18,20,21,23). The summed E-state index contributed by atoms with van der Waals surface area (Å²) in [4.78, 5) is 40.6. The Morgan fingerprint density at radius 1 is 1.12 bits per heavy atom. The lowest BCUT2D eigenvalue weighted by Crippen LogP contribution is -2.41. The van der Waals surface area contributed by atoms with E-state index in [1.807, 2.05) is 24.3 Å². The maximum atomic E-state index is 12.1. The number of carbonyl (C=O) groups excluding carboxylic acids is 3. The fraction of sp³-hybridized carbons (Fsp3) is 0.176. The number of hydrogen-bond acceptors (Lipinski definition) is 7. The van der Waals surface area contributed by atoms with Crippen LogP contribution in [0.15, 0.2) is 36.4 Å². The molecule has 0 unspecified atom stereocenters. The smallest absolute Gasteiger partial charge is 0.348 e. The van der Waals surface area contributed by atoms with Crippen LogP contribution in [-0.2, 0) is 9.53 Å². The lowest BCUT2D eigenvalue weighted by Gasteiger charge is -2.05. The highest BCUT2D eigenvalue weighted by Gasteiger charge is 2.16. The zero-order chi connectivity index (χ0) is 18.5. The average molecular weight is 389 g/mol. The van der Waals surface area contributed by atoms with Crippen LogP contribution in [0.2, 0.25) is 0 Å². The van der Waals surface area contributed by atoms with Gasteiger partial charge in [0.25, 0.3) is 5.91 Å². The van der Waals surface area contributed by atoms with E-state index in [2.05, 4.69) is 15.6 Å². The van der Waals surface area contributed by atoms with Crippen LogP contribution in [0.5, 0.6) is 0 Å². The topological polar surface area (TPSA) is 97.4 Å². The molecule has 3 rings (SSSR count). The molecular weight excluding hydrogens is 374 g/mol. The Morgan fingerprint density at radius 2 is 1.92 bits per heavy atom. The predicted molar refractivity (Wildman–Crippen MR) is 100 cm³/mol. The number of imide groups is 1. The Bertz CT molecular complexity index is 931. The molecule has 0 saturated heterocycles. The first-order valence-electron chi connectivity index (χ1n) is 7.77. The van der Waals surface area contributed by atoms with Crippen molar-refractivity contribution in [2.45, 2.75) is 6.92 Å². The molecule has 2 N–H and O–H groups in total. The molecule has 0 saturated carbocycles. The van der Waals surface area contributed by atoms with Crippen LogP contribution in [0.25, 0.3) is 20.1 Å². The number of ether oxygens (including phenoxy) is 1. The Morgan fingerprint density at radius 3 is 2.69 bits per heavy atom. The number of esters is 1. The number of thiazole rings is 1. The summed E-state index contributed by atoms with van der Waals surface area (Å²) < 4.78 is 6.01. The first-order chi connectivity index (χ1) is 12.6. The molecule has 0 fully saturated rings. The highest BCUT2D eigenvalue weighted by atomic mass is 32.1. The quantitative estimate of drug-likeness (QED) is 0.654. The van der Waals surface area contributed by atoms with Crippen LogP contribution >= 0.6 is 22.7 Å². The van der Waals surface area contributed by atoms with Crippen molar-refractivity contribution < 1.29 is 19.1 Å². The van der Waals surface area contributed by atoms with Gasteiger partial charge in [0.05, 0.1) is 15.1 Å². The summed E-state index contributed by atoms with van der Waals surface area (Å²) in [6, 6.07) is 10.6. The van der Waals surface area contributed by atoms with E-state index in [4.69, 9.17) is 4.74 Å². The summed E-state index contributed by atoms with van der Waals surface area (Å²) in [5.41, 5.74) is 0.909. The number of thiophene rings is 1.